The Kier molecular flexibility index (Phi) is 5.62. The molecule has 0 aliphatic heterocycles. The largest absolute Gasteiger partial charge is 0.348 e. The molecule has 1 unspecified atom stereocenters. The molecule has 94 valence electrons. The minimum Gasteiger partial charge on any atom is -0.348 e. The number of aryl methyl sites for hydroxylation is 1. The van der Waals surface area contributed by atoms with Gasteiger partial charge in [0.2, 0.25) is 0 Å². The van der Waals surface area contributed by atoms with Gasteiger partial charge in [0.15, 0.2) is 0 Å². The number of carbonyl (C=O) groups is 1. The highest BCUT2D eigenvalue weighted by molar-refractivity contribution is 9.09. The molecule has 0 fully saturated rings. The van der Waals surface area contributed by atoms with Crippen molar-refractivity contribution < 1.29 is 4.79 Å². The third-order valence-electron chi connectivity index (χ3n) is 2.44. The molecule has 1 aromatic rings. The zero-order valence-corrected chi connectivity index (χ0v) is 12.1. The Hall–Kier alpha value is -0.900. The van der Waals surface area contributed by atoms with Crippen LogP contribution in [0.25, 0.3) is 0 Å². The first kappa shape index (κ1) is 14.2. The van der Waals surface area contributed by atoms with Gasteiger partial charge in [-0.15, -0.1) is 0 Å². The van der Waals surface area contributed by atoms with Gasteiger partial charge in [0, 0.05) is 28.8 Å². The number of carbonyl (C=O) groups excluding carboxylic acids is 1. The summed E-state index contributed by atoms with van der Waals surface area (Å²) >= 11 is 3.43. The second-order valence-electron chi connectivity index (χ2n) is 4.64. The van der Waals surface area contributed by atoms with Crippen LogP contribution in [-0.4, -0.2) is 22.3 Å². The molecule has 0 radical (unpaired) electrons. The Balaban J connectivity index is 2.64. The lowest BCUT2D eigenvalue weighted by Crippen LogP contribution is -2.37. The molecule has 17 heavy (non-hydrogen) atoms. The van der Waals surface area contributed by atoms with E-state index >= 15 is 0 Å². The van der Waals surface area contributed by atoms with Gasteiger partial charge in [-0.25, -0.2) is 0 Å². The highest BCUT2D eigenvalue weighted by Gasteiger charge is 2.14. The summed E-state index contributed by atoms with van der Waals surface area (Å²) in [5.41, 5.74) is 1.53. The van der Waals surface area contributed by atoms with Crippen LogP contribution in [0.3, 0.4) is 0 Å². The van der Waals surface area contributed by atoms with Crippen molar-refractivity contribution in [2.75, 3.05) is 5.33 Å². The first-order valence-corrected chi connectivity index (χ1v) is 6.94. The van der Waals surface area contributed by atoms with Crippen LogP contribution in [0.2, 0.25) is 0 Å². The van der Waals surface area contributed by atoms with Gasteiger partial charge in [-0.2, -0.15) is 0 Å². The van der Waals surface area contributed by atoms with Crippen LogP contribution >= 0.6 is 15.9 Å². The molecule has 1 rings (SSSR count). The summed E-state index contributed by atoms with van der Waals surface area (Å²) in [5.74, 6) is 0.539. The van der Waals surface area contributed by atoms with E-state index in [2.05, 4.69) is 40.1 Å². The number of rotatable bonds is 5. The number of aromatic nitrogens is 1. The average molecular weight is 299 g/mol. The number of alkyl halides is 1. The van der Waals surface area contributed by atoms with Crippen LogP contribution in [0.4, 0.5) is 0 Å². The number of halogens is 1. The molecule has 0 aliphatic rings. The highest BCUT2D eigenvalue weighted by Crippen LogP contribution is 2.08. The van der Waals surface area contributed by atoms with E-state index in [4.69, 9.17) is 0 Å². The molecule has 0 saturated heterocycles. The van der Waals surface area contributed by atoms with Crippen molar-refractivity contribution in [1.29, 1.82) is 0 Å². The fourth-order valence-electron chi connectivity index (χ4n) is 1.69. The number of hydrogen-bond acceptors (Lipinski definition) is 2. The summed E-state index contributed by atoms with van der Waals surface area (Å²) in [6.07, 6.45) is 2.64. The molecule has 0 aliphatic carbocycles. The molecule has 0 saturated carbocycles. The molecular weight excluding hydrogens is 280 g/mol. The highest BCUT2D eigenvalue weighted by atomic mass is 79.9. The topological polar surface area (TPSA) is 42.0 Å². The predicted molar refractivity (Wildman–Crippen MR) is 73.5 cm³/mol. The summed E-state index contributed by atoms with van der Waals surface area (Å²) in [6, 6.07) is 3.72. The Morgan fingerprint density at radius 3 is 2.76 bits per heavy atom. The van der Waals surface area contributed by atoms with Crippen molar-refractivity contribution in [3.05, 3.63) is 29.6 Å². The normalized spacial score (nSPS) is 12.5. The molecule has 1 amide bonds. The standard InChI is InChI=1S/C13H19BrN2O/c1-9(2)6-12(8-14)16-13(17)11-4-5-15-10(3)7-11/h4-5,7,9,12H,6,8H2,1-3H3,(H,16,17). The van der Waals surface area contributed by atoms with Crippen LogP contribution in [-0.2, 0) is 0 Å². The zero-order chi connectivity index (χ0) is 12.8. The van der Waals surface area contributed by atoms with Crippen LogP contribution in [0.1, 0.15) is 36.3 Å². The van der Waals surface area contributed by atoms with Crippen molar-refractivity contribution in [2.24, 2.45) is 5.92 Å². The second-order valence-corrected chi connectivity index (χ2v) is 5.29. The summed E-state index contributed by atoms with van der Waals surface area (Å²) in [6.45, 7) is 6.18. The van der Waals surface area contributed by atoms with Gasteiger partial charge in [0.1, 0.15) is 0 Å². The summed E-state index contributed by atoms with van der Waals surface area (Å²) < 4.78 is 0. The van der Waals surface area contributed by atoms with E-state index in [0.29, 0.717) is 11.5 Å². The Labute approximate surface area is 111 Å². The molecule has 0 aromatic carbocycles. The Bertz CT molecular complexity index is 379. The van der Waals surface area contributed by atoms with E-state index in [0.717, 1.165) is 17.4 Å². The Morgan fingerprint density at radius 1 is 1.53 bits per heavy atom. The van der Waals surface area contributed by atoms with Crippen LogP contribution in [0, 0.1) is 12.8 Å². The lowest BCUT2D eigenvalue weighted by Gasteiger charge is -2.18. The minimum atomic E-state index is -0.0272. The van der Waals surface area contributed by atoms with E-state index < -0.39 is 0 Å². The van der Waals surface area contributed by atoms with Gasteiger partial charge in [-0.05, 0) is 31.4 Å². The van der Waals surface area contributed by atoms with Gasteiger partial charge in [0.25, 0.3) is 5.91 Å². The zero-order valence-electron chi connectivity index (χ0n) is 10.5. The predicted octanol–water partition coefficient (Wildman–Crippen LogP) is 2.93. The van der Waals surface area contributed by atoms with Crippen molar-refractivity contribution >= 4 is 21.8 Å². The lowest BCUT2D eigenvalue weighted by molar-refractivity contribution is 0.0937. The minimum absolute atomic E-state index is 0.0272. The van der Waals surface area contributed by atoms with E-state index in [9.17, 15) is 4.79 Å². The maximum absolute atomic E-state index is 12.0. The first-order chi connectivity index (χ1) is 8.02. The van der Waals surface area contributed by atoms with Crippen molar-refractivity contribution in [2.45, 2.75) is 33.2 Å². The molecule has 1 atom stereocenters. The quantitative estimate of drug-likeness (QED) is 0.849. The van der Waals surface area contributed by atoms with Gasteiger partial charge in [-0.1, -0.05) is 29.8 Å². The third kappa shape index (κ3) is 4.86. The number of nitrogens with zero attached hydrogens (tertiary/aromatic N) is 1. The lowest BCUT2D eigenvalue weighted by atomic mass is 10.0. The fourth-order valence-corrected chi connectivity index (χ4v) is 2.11. The van der Waals surface area contributed by atoms with Gasteiger partial charge in [-0.3, -0.25) is 9.78 Å². The van der Waals surface area contributed by atoms with Crippen LogP contribution < -0.4 is 5.32 Å². The number of pyridine rings is 1. The molecule has 0 spiro atoms. The molecule has 1 heterocycles. The van der Waals surface area contributed by atoms with Gasteiger partial charge in [0.05, 0.1) is 0 Å². The van der Waals surface area contributed by atoms with E-state index in [1.54, 1.807) is 18.3 Å². The number of hydrogen-bond donors (Lipinski definition) is 1. The smallest absolute Gasteiger partial charge is 0.251 e. The van der Waals surface area contributed by atoms with Gasteiger partial charge < -0.3 is 5.32 Å². The third-order valence-corrected chi connectivity index (χ3v) is 3.22. The average Bonchev–Trinajstić information content (AvgIpc) is 2.27. The maximum Gasteiger partial charge on any atom is 0.251 e. The van der Waals surface area contributed by atoms with Crippen LogP contribution in [0.5, 0.6) is 0 Å². The number of amides is 1. The summed E-state index contributed by atoms with van der Waals surface area (Å²) in [5, 5.41) is 3.81. The van der Waals surface area contributed by atoms with Gasteiger partial charge >= 0.3 is 0 Å². The second kappa shape index (κ2) is 6.74. The molecule has 3 nitrogen and oxygen atoms in total. The Morgan fingerprint density at radius 2 is 2.24 bits per heavy atom. The van der Waals surface area contributed by atoms with E-state index in [1.807, 2.05) is 6.92 Å². The monoisotopic (exact) mass is 298 g/mol. The molecule has 1 aromatic heterocycles. The van der Waals surface area contributed by atoms with Crippen molar-refractivity contribution in [3.8, 4) is 0 Å². The van der Waals surface area contributed by atoms with E-state index in [-0.39, 0.29) is 11.9 Å². The first-order valence-electron chi connectivity index (χ1n) is 5.82. The van der Waals surface area contributed by atoms with Crippen molar-refractivity contribution in [3.63, 3.8) is 0 Å². The SMILES string of the molecule is Cc1cc(C(=O)NC(CBr)CC(C)C)ccn1. The maximum atomic E-state index is 12.0. The van der Waals surface area contributed by atoms with Crippen LogP contribution in [0.15, 0.2) is 18.3 Å². The fraction of sp³-hybridized carbons (Fsp3) is 0.538. The summed E-state index contributed by atoms with van der Waals surface area (Å²) in [4.78, 5) is 16.1. The summed E-state index contributed by atoms with van der Waals surface area (Å²) in [7, 11) is 0. The number of nitrogens with one attached hydrogen (secondary N) is 1. The molecule has 4 heteroatoms. The molecule has 1 N–H and O–H groups in total. The van der Waals surface area contributed by atoms with Crippen molar-refractivity contribution in [1.82, 2.24) is 10.3 Å². The molecule has 0 bridgehead atoms. The van der Waals surface area contributed by atoms with E-state index in [1.165, 1.54) is 0 Å². The molecular formula is C13H19BrN2O.